The molecule has 0 aromatic heterocycles. The van der Waals surface area contributed by atoms with E-state index < -0.39 is 23.5 Å². The van der Waals surface area contributed by atoms with Gasteiger partial charge in [0, 0.05) is 12.0 Å². The summed E-state index contributed by atoms with van der Waals surface area (Å²) in [5, 5.41) is 13.6. The lowest BCUT2D eigenvalue weighted by Gasteiger charge is -2.28. The standard InChI is InChI=1S/C25H28N2O5/c1-15-13-18-14-17(7-10-20(18)32-15)23(28)21-22(16-5-8-19(31-4)9-6-16)27(12-11-26(2)3)25(30)24(21)29/h5-10,14-15,22,28H,11-13H2,1-4H3. The van der Waals surface area contributed by atoms with Crippen LogP contribution in [0.2, 0.25) is 0 Å². The molecule has 0 bridgehead atoms. The van der Waals surface area contributed by atoms with Gasteiger partial charge < -0.3 is 24.4 Å². The number of fused-ring (bicyclic) bond motifs is 1. The molecule has 2 unspecified atom stereocenters. The summed E-state index contributed by atoms with van der Waals surface area (Å²) in [5.41, 5.74) is 2.05. The van der Waals surface area contributed by atoms with Crippen molar-refractivity contribution in [3.05, 3.63) is 64.7 Å². The molecule has 32 heavy (non-hydrogen) atoms. The summed E-state index contributed by atoms with van der Waals surface area (Å²) >= 11 is 0. The maximum Gasteiger partial charge on any atom is 0.295 e. The maximum absolute atomic E-state index is 13.6. The van der Waals surface area contributed by atoms with Crippen LogP contribution in [0.3, 0.4) is 0 Å². The number of rotatable bonds is 6. The second-order valence-electron chi connectivity index (χ2n) is 8.66. The van der Waals surface area contributed by atoms with Crippen LogP contribution in [0.15, 0.2) is 48.0 Å². The first-order chi connectivity index (χ1) is 15.3. The van der Waals surface area contributed by atoms with Crippen LogP contribution < -0.4 is 19.5 Å². The zero-order valence-corrected chi connectivity index (χ0v) is 18.8. The van der Waals surface area contributed by atoms with Gasteiger partial charge in [-0.05, 0) is 47.9 Å². The van der Waals surface area contributed by atoms with E-state index in [4.69, 9.17) is 9.47 Å². The van der Waals surface area contributed by atoms with E-state index >= 15 is 0 Å². The maximum atomic E-state index is 13.6. The van der Waals surface area contributed by atoms with Crippen molar-refractivity contribution in [3.63, 3.8) is 0 Å². The fraction of sp³-hybridized carbons (Fsp3) is 0.360. The molecule has 0 spiro atoms. The summed E-state index contributed by atoms with van der Waals surface area (Å²) in [7, 11) is 5.53. The summed E-state index contributed by atoms with van der Waals surface area (Å²) in [4.78, 5) is 28.7. The molecular weight excluding hydrogens is 408 g/mol. The number of nitrogens with zero attached hydrogens (tertiary/aromatic N) is 1. The molecule has 1 saturated heterocycles. The van der Waals surface area contributed by atoms with Crippen molar-refractivity contribution >= 4 is 17.4 Å². The Morgan fingerprint density at radius 1 is 1.19 bits per heavy atom. The highest BCUT2D eigenvalue weighted by Crippen LogP contribution is 2.40. The Bertz CT molecular complexity index is 1070. The first-order valence-electron chi connectivity index (χ1n) is 10.8. The van der Waals surface area contributed by atoms with Gasteiger partial charge in [-0.2, -0.15) is 0 Å². The number of likely N-dealkylation sites (N-methyl/N-ethyl adjacent to an activating group) is 1. The molecule has 2 heterocycles. The largest absolute Gasteiger partial charge is 0.872 e. The molecule has 2 aromatic carbocycles. The molecule has 168 valence electrons. The Kier molecular flexibility index (Phi) is 5.93. The first kappa shape index (κ1) is 21.9. The van der Waals surface area contributed by atoms with Crippen molar-refractivity contribution in [2.75, 3.05) is 34.3 Å². The van der Waals surface area contributed by atoms with E-state index in [0.717, 1.165) is 16.2 Å². The van der Waals surface area contributed by atoms with E-state index in [0.29, 0.717) is 36.4 Å². The molecule has 7 nitrogen and oxygen atoms in total. The lowest BCUT2D eigenvalue weighted by molar-refractivity contribution is -0.857. The molecular formula is C25H28N2O5. The minimum absolute atomic E-state index is 0.000775. The number of ether oxygens (including phenoxy) is 2. The van der Waals surface area contributed by atoms with E-state index in [1.54, 1.807) is 49.6 Å². The monoisotopic (exact) mass is 436 g/mol. The average Bonchev–Trinajstić information content (AvgIpc) is 3.27. The van der Waals surface area contributed by atoms with Gasteiger partial charge in [0.1, 0.15) is 17.6 Å². The number of hydrogen-bond donors (Lipinski definition) is 1. The fourth-order valence-electron chi connectivity index (χ4n) is 4.30. The smallest absolute Gasteiger partial charge is 0.295 e. The van der Waals surface area contributed by atoms with Crippen LogP contribution >= 0.6 is 0 Å². The van der Waals surface area contributed by atoms with Gasteiger partial charge in [0.2, 0.25) is 5.78 Å². The molecule has 2 aliphatic rings. The van der Waals surface area contributed by atoms with Gasteiger partial charge in [0.25, 0.3) is 5.91 Å². The van der Waals surface area contributed by atoms with Crippen LogP contribution in [-0.2, 0) is 16.0 Å². The van der Waals surface area contributed by atoms with Gasteiger partial charge in [-0.25, -0.2) is 0 Å². The molecule has 0 aliphatic carbocycles. The van der Waals surface area contributed by atoms with Crippen molar-refractivity contribution in [3.8, 4) is 11.5 Å². The number of quaternary nitrogens is 1. The number of hydrogen-bond acceptors (Lipinski definition) is 5. The second-order valence-corrected chi connectivity index (χ2v) is 8.66. The minimum Gasteiger partial charge on any atom is -0.872 e. The Morgan fingerprint density at radius 2 is 1.91 bits per heavy atom. The number of nitrogens with one attached hydrogen (secondary N) is 1. The summed E-state index contributed by atoms with van der Waals surface area (Å²) in [6.07, 6.45) is 0.756. The SMILES string of the molecule is COc1ccc(C2C(=C([O-])c3ccc4c(c3)CC(C)O4)C(=O)C(=O)N2CC[NH+](C)C)cc1. The fourth-order valence-corrected chi connectivity index (χ4v) is 4.30. The number of likely N-dealkylation sites (tertiary alicyclic amines) is 1. The van der Waals surface area contributed by atoms with Gasteiger partial charge >= 0.3 is 0 Å². The third kappa shape index (κ3) is 3.96. The normalized spacial score (nSPS) is 21.7. The van der Waals surface area contributed by atoms with Crippen molar-refractivity contribution in [1.82, 2.24) is 4.90 Å². The third-order valence-electron chi connectivity index (χ3n) is 5.97. The second kappa shape index (κ2) is 8.67. The molecule has 7 heteroatoms. The number of methoxy groups -OCH3 is 1. The summed E-state index contributed by atoms with van der Waals surface area (Å²) in [6.45, 7) is 3.00. The van der Waals surface area contributed by atoms with Crippen LogP contribution in [-0.4, -0.2) is 57.0 Å². The molecule has 2 aliphatic heterocycles. The molecule has 0 saturated carbocycles. The zero-order chi connectivity index (χ0) is 23.0. The highest BCUT2D eigenvalue weighted by molar-refractivity contribution is 6.46. The van der Waals surface area contributed by atoms with E-state index in [9.17, 15) is 14.7 Å². The van der Waals surface area contributed by atoms with Crippen LogP contribution in [0.1, 0.15) is 29.7 Å². The van der Waals surface area contributed by atoms with Gasteiger partial charge in [-0.1, -0.05) is 24.0 Å². The van der Waals surface area contributed by atoms with E-state index in [2.05, 4.69) is 0 Å². The zero-order valence-electron chi connectivity index (χ0n) is 18.8. The molecule has 1 N–H and O–H groups in total. The van der Waals surface area contributed by atoms with Crippen LogP contribution in [0.25, 0.3) is 5.76 Å². The number of ketones is 1. The molecule has 1 fully saturated rings. The van der Waals surface area contributed by atoms with Crippen molar-refractivity contribution in [2.24, 2.45) is 0 Å². The molecule has 0 radical (unpaired) electrons. The summed E-state index contributed by atoms with van der Waals surface area (Å²) in [5.74, 6) is -0.348. The van der Waals surface area contributed by atoms with E-state index in [1.165, 1.54) is 4.90 Å². The first-order valence-corrected chi connectivity index (χ1v) is 10.8. The van der Waals surface area contributed by atoms with Gasteiger partial charge in [0.15, 0.2) is 0 Å². The average molecular weight is 437 g/mol. The Labute approximate surface area is 187 Å². The predicted molar refractivity (Wildman–Crippen MR) is 117 cm³/mol. The Balaban J connectivity index is 1.80. The highest BCUT2D eigenvalue weighted by atomic mass is 16.5. The molecule has 2 aromatic rings. The van der Waals surface area contributed by atoms with Gasteiger partial charge in [-0.3, -0.25) is 9.59 Å². The number of Topliss-reactive ketones (excluding diaryl/α,β-unsaturated/α-hetero) is 1. The van der Waals surface area contributed by atoms with Crippen LogP contribution in [0.5, 0.6) is 11.5 Å². The number of amides is 1. The van der Waals surface area contributed by atoms with Crippen molar-refractivity contribution in [2.45, 2.75) is 25.5 Å². The molecule has 2 atom stereocenters. The minimum atomic E-state index is -0.727. The Morgan fingerprint density at radius 3 is 2.56 bits per heavy atom. The lowest BCUT2D eigenvalue weighted by Crippen LogP contribution is -3.06. The number of benzene rings is 2. The van der Waals surface area contributed by atoms with Crippen LogP contribution in [0, 0.1) is 0 Å². The van der Waals surface area contributed by atoms with Crippen LogP contribution in [0.4, 0.5) is 0 Å². The van der Waals surface area contributed by atoms with Crippen molar-refractivity contribution in [1.29, 1.82) is 0 Å². The number of carbonyl (C=O) groups excluding carboxylic acids is 2. The van der Waals surface area contributed by atoms with Crippen molar-refractivity contribution < 1.29 is 29.1 Å². The van der Waals surface area contributed by atoms with E-state index in [-0.39, 0.29) is 11.7 Å². The highest BCUT2D eigenvalue weighted by Gasteiger charge is 2.44. The van der Waals surface area contributed by atoms with Gasteiger partial charge in [0.05, 0.1) is 40.3 Å². The van der Waals surface area contributed by atoms with Gasteiger partial charge in [-0.15, -0.1) is 0 Å². The number of carbonyl (C=O) groups is 2. The summed E-state index contributed by atoms with van der Waals surface area (Å²) in [6, 6.07) is 11.6. The third-order valence-corrected chi connectivity index (χ3v) is 5.97. The topological polar surface area (TPSA) is 83.3 Å². The van der Waals surface area contributed by atoms with E-state index in [1.807, 2.05) is 21.0 Å². The Hall–Kier alpha value is -3.32. The molecule has 1 amide bonds. The predicted octanol–water partition coefficient (Wildman–Crippen LogP) is 0.387. The molecule has 4 rings (SSSR count). The quantitative estimate of drug-likeness (QED) is 0.402. The summed E-state index contributed by atoms with van der Waals surface area (Å²) < 4.78 is 11.0. The lowest BCUT2D eigenvalue weighted by atomic mass is 9.94.